The molecule has 9 heteroatoms. The molecule has 1 atom stereocenters. The van der Waals surface area contributed by atoms with Gasteiger partial charge < -0.3 is 15.6 Å². The number of hydrogen-bond acceptors (Lipinski definition) is 7. The second kappa shape index (κ2) is 8.00. The van der Waals surface area contributed by atoms with Crippen LogP contribution in [0.25, 0.3) is 21.9 Å². The molecule has 4 heterocycles. The summed E-state index contributed by atoms with van der Waals surface area (Å²) in [6.07, 6.45) is 3.30. The number of aryl methyl sites for hydroxylation is 1. The number of halogens is 1. The molecule has 3 N–H and O–H groups in total. The quantitative estimate of drug-likeness (QED) is 0.447. The lowest BCUT2D eigenvalue weighted by atomic mass is 10.2. The van der Waals surface area contributed by atoms with Crippen LogP contribution in [0.4, 0.5) is 5.82 Å². The highest BCUT2D eigenvalue weighted by Crippen LogP contribution is 2.37. The van der Waals surface area contributed by atoms with E-state index in [-0.39, 0.29) is 6.04 Å². The van der Waals surface area contributed by atoms with Crippen molar-refractivity contribution in [3.05, 3.63) is 46.7 Å². The molecule has 0 aliphatic carbocycles. The third kappa shape index (κ3) is 3.69. The number of nitriles is 1. The predicted molar refractivity (Wildman–Crippen MR) is 124 cm³/mol. The van der Waals surface area contributed by atoms with E-state index in [4.69, 9.17) is 32.6 Å². The SMILES string of the molecule is CCc1[nH]c2nc(Sc3ccc4cc(C#N)cnc4c3)nc(N3CCC(N)C3)c2c1Cl. The van der Waals surface area contributed by atoms with Crippen LogP contribution in [-0.4, -0.2) is 39.1 Å². The van der Waals surface area contributed by atoms with Crippen molar-refractivity contribution in [3.63, 3.8) is 0 Å². The van der Waals surface area contributed by atoms with Crippen molar-refractivity contribution in [1.82, 2.24) is 19.9 Å². The molecule has 5 rings (SSSR count). The summed E-state index contributed by atoms with van der Waals surface area (Å²) in [6, 6.07) is 10.0. The Hall–Kier alpha value is -2.86. The molecule has 1 unspecified atom stereocenters. The van der Waals surface area contributed by atoms with Crippen LogP contribution < -0.4 is 10.6 Å². The monoisotopic (exact) mass is 449 g/mol. The molecule has 1 aliphatic rings. The van der Waals surface area contributed by atoms with Gasteiger partial charge in [0, 0.05) is 41.3 Å². The largest absolute Gasteiger partial charge is 0.354 e. The van der Waals surface area contributed by atoms with Crippen molar-refractivity contribution in [2.24, 2.45) is 5.73 Å². The van der Waals surface area contributed by atoms with Gasteiger partial charge >= 0.3 is 0 Å². The molecule has 1 fully saturated rings. The van der Waals surface area contributed by atoms with Crippen LogP contribution >= 0.6 is 23.4 Å². The Kier molecular flexibility index (Phi) is 5.18. The van der Waals surface area contributed by atoms with E-state index in [9.17, 15) is 0 Å². The molecule has 0 saturated carbocycles. The number of benzene rings is 1. The zero-order valence-corrected chi connectivity index (χ0v) is 18.5. The molecule has 31 heavy (non-hydrogen) atoms. The van der Waals surface area contributed by atoms with Crippen LogP contribution in [0.5, 0.6) is 0 Å². The standard InChI is InChI=1S/C22H20ClN7S/c1-2-16-19(23)18-20(27-16)28-22(29-21(18)30-6-5-14(25)11-30)31-15-4-3-13-7-12(9-24)10-26-17(13)8-15/h3-4,7-8,10,14H,2,5-6,11,25H2,1H3,(H,27,28,29). The number of rotatable bonds is 4. The molecule has 0 bridgehead atoms. The van der Waals surface area contributed by atoms with Gasteiger partial charge in [0.1, 0.15) is 17.5 Å². The lowest BCUT2D eigenvalue weighted by Crippen LogP contribution is -2.27. The average Bonchev–Trinajstić information content (AvgIpc) is 3.35. The number of aromatic amines is 1. The summed E-state index contributed by atoms with van der Waals surface area (Å²) in [4.78, 5) is 20.6. The van der Waals surface area contributed by atoms with Gasteiger partial charge in [-0.25, -0.2) is 9.97 Å². The first-order chi connectivity index (χ1) is 15.1. The number of nitrogens with one attached hydrogen (secondary N) is 1. The fourth-order valence-corrected chi connectivity index (χ4v) is 5.04. The van der Waals surface area contributed by atoms with Crippen molar-refractivity contribution >= 4 is 51.1 Å². The second-order valence-electron chi connectivity index (χ2n) is 7.61. The zero-order valence-electron chi connectivity index (χ0n) is 16.9. The smallest absolute Gasteiger partial charge is 0.196 e. The Morgan fingerprint density at radius 2 is 2.23 bits per heavy atom. The number of fused-ring (bicyclic) bond motifs is 2. The first kappa shape index (κ1) is 20.1. The van der Waals surface area contributed by atoms with Gasteiger partial charge in [-0.1, -0.05) is 24.6 Å². The fraction of sp³-hybridized carbons (Fsp3) is 0.273. The molecule has 0 spiro atoms. The predicted octanol–water partition coefficient (Wildman–Crippen LogP) is 4.28. The van der Waals surface area contributed by atoms with Crippen LogP contribution in [0.2, 0.25) is 5.02 Å². The third-order valence-corrected chi connectivity index (χ3v) is 6.77. The number of nitrogens with two attached hydrogens (primary N) is 1. The van der Waals surface area contributed by atoms with E-state index in [0.29, 0.717) is 15.7 Å². The van der Waals surface area contributed by atoms with E-state index in [1.54, 1.807) is 6.20 Å². The van der Waals surface area contributed by atoms with Crippen molar-refractivity contribution in [2.75, 3.05) is 18.0 Å². The average molecular weight is 450 g/mol. The van der Waals surface area contributed by atoms with Gasteiger partial charge in [0.05, 0.1) is 21.5 Å². The molecule has 1 aliphatic heterocycles. The van der Waals surface area contributed by atoms with Gasteiger partial charge in [0.2, 0.25) is 0 Å². The van der Waals surface area contributed by atoms with Crippen LogP contribution in [0, 0.1) is 11.3 Å². The van der Waals surface area contributed by atoms with Gasteiger partial charge in [0.25, 0.3) is 0 Å². The molecule has 1 saturated heterocycles. The fourth-order valence-electron chi connectivity index (χ4n) is 3.90. The Morgan fingerprint density at radius 3 is 2.97 bits per heavy atom. The summed E-state index contributed by atoms with van der Waals surface area (Å²) in [6.45, 7) is 3.66. The lowest BCUT2D eigenvalue weighted by molar-refractivity contribution is 0.751. The Labute approximate surface area is 188 Å². The lowest BCUT2D eigenvalue weighted by Gasteiger charge is -2.18. The van der Waals surface area contributed by atoms with Crippen molar-refractivity contribution in [3.8, 4) is 6.07 Å². The maximum atomic E-state index is 9.07. The Balaban J connectivity index is 1.57. The van der Waals surface area contributed by atoms with E-state index >= 15 is 0 Å². The number of hydrogen-bond donors (Lipinski definition) is 2. The van der Waals surface area contributed by atoms with Crippen LogP contribution in [0.3, 0.4) is 0 Å². The van der Waals surface area contributed by atoms with Gasteiger partial charge in [-0.2, -0.15) is 5.26 Å². The number of aromatic nitrogens is 4. The molecule has 3 aromatic heterocycles. The third-order valence-electron chi connectivity index (χ3n) is 5.49. The molecule has 7 nitrogen and oxygen atoms in total. The minimum absolute atomic E-state index is 0.134. The van der Waals surface area contributed by atoms with E-state index in [0.717, 1.165) is 64.3 Å². The van der Waals surface area contributed by atoms with Crippen molar-refractivity contribution in [1.29, 1.82) is 5.26 Å². The molecular weight excluding hydrogens is 430 g/mol. The zero-order chi connectivity index (χ0) is 21.5. The molecule has 0 radical (unpaired) electrons. The summed E-state index contributed by atoms with van der Waals surface area (Å²) in [5.41, 5.74) is 9.23. The first-order valence-corrected chi connectivity index (χ1v) is 11.3. The Bertz CT molecular complexity index is 1340. The van der Waals surface area contributed by atoms with Gasteiger partial charge in [-0.05, 0) is 42.8 Å². The summed E-state index contributed by atoms with van der Waals surface area (Å²) in [5.74, 6) is 0.832. The summed E-state index contributed by atoms with van der Waals surface area (Å²) >= 11 is 8.15. The molecule has 4 aromatic rings. The minimum atomic E-state index is 0.134. The number of anilines is 1. The van der Waals surface area contributed by atoms with Crippen LogP contribution in [-0.2, 0) is 6.42 Å². The van der Waals surface area contributed by atoms with Crippen molar-refractivity contribution in [2.45, 2.75) is 35.9 Å². The highest BCUT2D eigenvalue weighted by Gasteiger charge is 2.26. The number of nitrogens with zero attached hydrogens (tertiary/aromatic N) is 5. The number of H-pyrrole nitrogens is 1. The van der Waals surface area contributed by atoms with Crippen LogP contribution in [0.1, 0.15) is 24.6 Å². The molecule has 0 amide bonds. The van der Waals surface area contributed by atoms with E-state index in [2.05, 4.69) is 27.9 Å². The van der Waals surface area contributed by atoms with E-state index < -0.39 is 0 Å². The van der Waals surface area contributed by atoms with E-state index in [1.807, 2.05) is 24.3 Å². The topological polar surface area (TPSA) is 108 Å². The summed E-state index contributed by atoms with van der Waals surface area (Å²) in [5, 5.41) is 12.2. The van der Waals surface area contributed by atoms with Gasteiger partial charge in [-0.15, -0.1) is 0 Å². The highest BCUT2D eigenvalue weighted by molar-refractivity contribution is 7.99. The maximum absolute atomic E-state index is 9.07. The molecule has 1 aromatic carbocycles. The normalized spacial score (nSPS) is 16.3. The minimum Gasteiger partial charge on any atom is -0.354 e. The second-order valence-corrected chi connectivity index (χ2v) is 9.03. The maximum Gasteiger partial charge on any atom is 0.196 e. The van der Waals surface area contributed by atoms with Gasteiger partial charge in [-0.3, -0.25) is 4.98 Å². The van der Waals surface area contributed by atoms with Crippen LogP contribution in [0.15, 0.2) is 40.5 Å². The summed E-state index contributed by atoms with van der Waals surface area (Å²) in [7, 11) is 0. The Morgan fingerprint density at radius 1 is 1.35 bits per heavy atom. The molecule has 156 valence electrons. The van der Waals surface area contributed by atoms with Gasteiger partial charge in [0.15, 0.2) is 5.16 Å². The van der Waals surface area contributed by atoms with Crippen molar-refractivity contribution < 1.29 is 0 Å². The summed E-state index contributed by atoms with van der Waals surface area (Å²) < 4.78 is 0. The number of pyridine rings is 1. The molecular formula is C22H20ClN7S. The highest BCUT2D eigenvalue weighted by atomic mass is 35.5. The van der Waals surface area contributed by atoms with E-state index in [1.165, 1.54) is 11.8 Å². The first-order valence-electron chi connectivity index (χ1n) is 10.1.